The van der Waals surface area contributed by atoms with Crippen LogP contribution in [0.1, 0.15) is 42.5 Å². The average molecular weight is 437 g/mol. The Morgan fingerprint density at radius 2 is 2.05 bits per heavy atom. The van der Waals surface area contributed by atoms with E-state index >= 15 is 0 Å². The van der Waals surface area contributed by atoms with Crippen LogP contribution in [0.5, 0.6) is 0 Å². The van der Waals surface area contributed by atoms with Gasteiger partial charge in [0.25, 0.3) is 0 Å². The first-order chi connectivity index (χ1) is 9.09. The summed E-state index contributed by atoms with van der Waals surface area (Å²) < 4.78 is 5.55. The molecule has 2 aromatic rings. The van der Waals surface area contributed by atoms with E-state index in [1.807, 2.05) is 11.7 Å². The van der Waals surface area contributed by atoms with Crippen LogP contribution in [0.25, 0.3) is 0 Å². The molecule has 1 atom stereocenters. The molecule has 0 spiro atoms. The average Bonchev–Trinajstić information content (AvgIpc) is 2.83. The minimum absolute atomic E-state index is 0.475. The van der Waals surface area contributed by atoms with Crippen molar-refractivity contribution in [3.8, 4) is 0 Å². The Morgan fingerprint density at radius 3 is 2.58 bits per heavy atom. The van der Waals surface area contributed by atoms with E-state index in [4.69, 9.17) is 0 Å². The molecule has 2 aromatic heterocycles. The number of aliphatic hydroxyl groups excluding tert-OH is 1. The molecule has 1 N–H and O–H groups in total. The summed E-state index contributed by atoms with van der Waals surface area (Å²) in [5.74, 6) is 0. The lowest BCUT2D eigenvalue weighted by Crippen LogP contribution is -2.18. The maximum atomic E-state index is 10.5. The van der Waals surface area contributed by atoms with Crippen molar-refractivity contribution < 1.29 is 5.11 Å². The lowest BCUT2D eigenvalue weighted by Gasteiger charge is -2.26. The normalized spacial score (nSPS) is 17.5. The third-order valence-electron chi connectivity index (χ3n) is 3.66. The predicted octanol–water partition coefficient (Wildman–Crippen LogP) is 2.79. The van der Waals surface area contributed by atoms with Crippen molar-refractivity contribution in [2.24, 2.45) is 7.05 Å². The molecule has 0 radical (unpaired) electrons. The molecular formula is C12H14BrIN4O. The highest BCUT2D eigenvalue weighted by Crippen LogP contribution is 2.37. The van der Waals surface area contributed by atoms with Crippen molar-refractivity contribution in [1.29, 1.82) is 0 Å². The fourth-order valence-corrected chi connectivity index (χ4v) is 3.48. The zero-order valence-electron chi connectivity index (χ0n) is 10.4. The zero-order chi connectivity index (χ0) is 13.6. The van der Waals surface area contributed by atoms with Crippen molar-refractivity contribution in [3.05, 3.63) is 31.8 Å². The van der Waals surface area contributed by atoms with E-state index < -0.39 is 6.10 Å². The van der Waals surface area contributed by atoms with Gasteiger partial charge in [0.1, 0.15) is 14.4 Å². The standard InChI is InChI=1S/C12H14BrIN4O/c1-17-12(14)9(6-15-17)10(19)8-5-16-18(11(8)13)7-3-2-4-7/h5-7,10,19H,2-4H2,1H3. The van der Waals surface area contributed by atoms with Gasteiger partial charge in [-0.3, -0.25) is 9.36 Å². The third kappa shape index (κ3) is 2.25. The van der Waals surface area contributed by atoms with Crippen LogP contribution < -0.4 is 0 Å². The molecule has 1 saturated carbocycles. The van der Waals surface area contributed by atoms with Gasteiger partial charge in [-0.25, -0.2) is 0 Å². The lowest BCUT2D eigenvalue weighted by atomic mass is 9.93. The van der Waals surface area contributed by atoms with E-state index in [-0.39, 0.29) is 0 Å². The second kappa shape index (κ2) is 5.17. The van der Waals surface area contributed by atoms with Crippen LogP contribution in [0.2, 0.25) is 0 Å². The Bertz CT molecular complexity index is 605. The molecule has 0 aromatic carbocycles. The van der Waals surface area contributed by atoms with Gasteiger partial charge in [0.15, 0.2) is 0 Å². The number of halogens is 2. The fraction of sp³-hybridized carbons (Fsp3) is 0.500. The van der Waals surface area contributed by atoms with Crippen molar-refractivity contribution in [2.45, 2.75) is 31.4 Å². The predicted molar refractivity (Wildman–Crippen MR) is 82.8 cm³/mol. The van der Waals surface area contributed by atoms with Gasteiger partial charge in [0.05, 0.1) is 18.4 Å². The maximum Gasteiger partial charge on any atom is 0.112 e. The molecule has 102 valence electrons. The topological polar surface area (TPSA) is 55.9 Å². The summed E-state index contributed by atoms with van der Waals surface area (Å²) in [6.07, 6.45) is 6.36. The van der Waals surface area contributed by atoms with E-state index in [0.717, 1.165) is 19.4 Å². The molecule has 3 rings (SSSR count). The van der Waals surface area contributed by atoms with Crippen molar-refractivity contribution in [1.82, 2.24) is 19.6 Å². The summed E-state index contributed by atoms with van der Waals surface area (Å²) in [7, 11) is 1.87. The smallest absolute Gasteiger partial charge is 0.112 e. The molecule has 0 aliphatic heterocycles. The van der Waals surface area contributed by atoms with Crippen LogP contribution in [0.3, 0.4) is 0 Å². The molecule has 5 nitrogen and oxygen atoms in total. The first kappa shape index (κ1) is 13.6. The van der Waals surface area contributed by atoms with E-state index in [1.54, 1.807) is 17.1 Å². The Kier molecular flexibility index (Phi) is 3.69. The van der Waals surface area contributed by atoms with Crippen molar-refractivity contribution in [2.75, 3.05) is 0 Å². The number of aromatic nitrogens is 4. The number of aryl methyl sites for hydroxylation is 1. The maximum absolute atomic E-state index is 10.5. The molecule has 0 saturated heterocycles. The second-order valence-corrected chi connectivity index (χ2v) is 6.61. The number of rotatable bonds is 3. The summed E-state index contributed by atoms with van der Waals surface area (Å²) >= 11 is 5.76. The number of aliphatic hydroxyl groups is 1. The first-order valence-corrected chi connectivity index (χ1v) is 8.05. The molecule has 0 amide bonds. The molecule has 19 heavy (non-hydrogen) atoms. The molecule has 1 aliphatic carbocycles. The van der Waals surface area contributed by atoms with Gasteiger partial charge >= 0.3 is 0 Å². The molecule has 1 unspecified atom stereocenters. The minimum atomic E-state index is -0.691. The quantitative estimate of drug-likeness (QED) is 0.752. The van der Waals surface area contributed by atoms with Gasteiger partial charge in [0.2, 0.25) is 0 Å². The summed E-state index contributed by atoms with van der Waals surface area (Å²) in [5.41, 5.74) is 1.62. The second-order valence-electron chi connectivity index (χ2n) is 4.84. The van der Waals surface area contributed by atoms with Gasteiger partial charge in [-0.1, -0.05) is 0 Å². The van der Waals surface area contributed by atoms with E-state index in [9.17, 15) is 5.11 Å². The van der Waals surface area contributed by atoms with Crippen LogP contribution in [0.15, 0.2) is 17.0 Å². The van der Waals surface area contributed by atoms with Gasteiger partial charge < -0.3 is 5.11 Å². The SMILES string of the molecule is Cn1ncc(C(O)c2cnn(C3CCC3)c2Br)c1I. The molecule has 0 bridgehead atoms. The molecule has 1 aliphatic rings. The zero-order valence-corrected chi connectivity index (χ0v) is 14.2. The molecular weight excluding hydrogens is 423 g/mol. The number of nitrogens with zero attached hydrogens (tertiary/aromatic N) is 4. The molecule has 7 heteroatoms. The van der Waals surface area contributed by atoms with Crippen molar-refractivity contribution in [3.63, 3.8) is 0 Å². The van der Waals surface area contributed by atoms with Crippen LogP contribution >= 0.6 is 38.5 Å². The van der Waals surface area contributed by atoms with Crippen LogP contribution in [-0.4, -0.2) is 24.7 Å². The van der Waals surface area contributed by atoms with Crippen LogP contribution in [-0.2, 0) is 7.05 Å². The monoisotopic (exact) mass is 436 g/mol. The Morgan fingerprint density at radius 1 is 1.37 bits per heavy atom. The van der Waals surface area contributed by atoms with Crippen molar-refractivity contribution >= 4 is 38.5 Å². The fourth-order valence-electron chi connectivity index (χ4n) is 2.22. The summed E-state index contributed by atoms with van der Waals surface area (Å²) in [6, 6.07) is 0.475. The largest absolute Gasteiger partial charge is 0.383 e. The molecule has 2 heterocycles. The number of hydrogen-bond donors (Lipinski definition) is 1. The minimum Gasteiger partial charge on any atom is -0.383 e. The van der Waals surface area contributed by atoms with Crippen LogP contribution in [0.4, 0.5) is 0 Å². The number of hydrogen-bond acceptors (Lipinski definition) is 3. The highest BCUT2D eigenvalue weighted by molar-refractivity contribution is 14.1. The van der Waals surface area contributed by atoms with Gasteiger partial charge in [0, 0.05) is 18.2 Å². The highest BCUT2D eigenvalue weighted by Gasteiger charge is 2.27. The summed E-state index contributed by atoms with van der Waals surface area (Å²) in [5, 5.41) is 19.1. The van der Waals surface area contributed by atoms with E-state index in [0.29, 0.717) is 6.04 Å². The lowest BCUT2D eigenvalue weighted by molar-refractivity contribution is 0.217. The van der Waals surface area contributed by atoms with Gasteiger partial charge in [-0.2, -0.15) is 10.2 Å². The Labute approximate surface area is 133 Å². The summed E-state index contributed by atoms with van der Waals surface area (Å²) in [6.45, 7) is 0. The van der Waals surface area contributed by atoms with Gasteiger partial charge in [-0.15, -0.1) is 0 Å². The first-order valence-electron chi connectivity index (χ1n) is 6.18. The van der Waals surface area contributed by atoms with Crippen LogP contribution in [0, 0.1) is 3.70 Å². The highest BCUT2D eigenvalue weighted by atomic mass is 127. The summed E-state index contributed by atoms with van der Waals surface area (Å²) in [4.78, 5) is 0. The Hall–Kier alpha value is -0.410. The molecule has 1 fully saturated rings. The van der Waals surface area contributed by atoms with E-state index in [2.05, 4.69) is 48.7 Å². The third-order valence-corrected chi connectivity index (χ3v) is 5.80. The Balaban J connectivity index is 1.93. The van der Waals surface area contributed by atoms with Gasteiger partial charge in [-0.05, 0) is 57.8 Å². The van der Waals surface area contributed by atoms with E-state index in [1.165, 1.54) is 19.3 Å².